The summed E-state index contributed by atoms with van der Waals surface area (Å²) in [5.74, 6) is -2.02. The Kier molecular flexibility index (Phi) is 6.51. The normalized spacial score (nSPS) is 18.1. The Morgan fingerprint density at radius 2 is 1.86 bits per heavy atom. The van der Waals surface area contributed by atoms with Crippen LogP contribution in [-0.2, 0) is 22.3 Å². The van der Waals surface area contributed by atoms with Crippen molar-refractivity contribution in [1.29, 1.82) is 0 Å². The number of hydrogen-bond donors (Lipinski definition) is 1. The molecule has 1 fully saturated rings. The Morgan fingerprint density at radius 1 is 1.19 bits per heavy atom. The Labute approximate surface area is 207 Å². The number of carbonyl (C=O) groups is 2. The summed E-state index contributed by atoms with van der Waals surface area (Å²) in [6.45, 7) is 8.38. The fraction of sp³-hybridized carbons (Fsp3) is 0.500. The van der Waals surface area contributed by atoms with Gasteiger partial charge in [-0.1, -0.05) is 20.8 Å². The van der Waals surface area contributed by atoms with Crippen LogP contribution < -0.4 is 15.0 Å². The summed E-state index contributed by atoms with van der Waals surface area (Å²) in [5.41, 5.74) is -0.378. The van der Waals surface area contributed by atoms with Gasteiger partial charge < -0.3 is 10.1 Å². The molecule has 1 atom stereocenters. The van der Waals surface area contributed by atoms with Gasteiger partial charge in [0.2, 0.25) is 5.91 Å². The summed E-state index contributed by atoms with van der Waals surface area (Å²) in [5, 5.41) is 2.59. The maximum atomic E-state index is 15.6. The van der Waals surface area contributed by atoms with Crippen molar-refractivity contribution in [2.75, 3.05) is 10.2 Å². The van der Waals surface area contributed by atoms with Crippen LogP contribution >= 0.6 is 0 Å². The predicted octanol–water partition coefficient (Wildman–Crippen LogP) is 6.11. The summed E-state index contributed by atoms with van der Waals surface area (Å²) in [6.07, 6.45) is -3.96. The molecule has 2 heterocycles. The zero-order valence-electron chi connectivity index (χ0n) is 20.8. The first-order valence-electron chi connectivity index (χ1n) is 11.8. The molecule has 1 unspecified atom stereocenters. The molecular formula is C26H29F4N3O3. The van der Waals surface area contributed by atoms with E-state index in [1.807, 2.05) is 20.8 Å². The van der Waals surface area contributed by atoms with Crippen LogP contribution in [0.25, 0.3) is 0 Å². The van der Waals surface area contributed by atoms with E-state index in [2.05, 4.69) is 10.3 Å². The highest BCUT2D eigenvalue weighted by Crippen LogP contribution is 2.44. The lowest BCUT2D eigenvalue weighted by Gasteiger charge is -2.34. The van der Waals surface area contributed by atoms with Crippen molar-refractivity contribution < 1.29 is 31.9 Å². The maximum Gasteiger partial charge on any atom is 0.416 e. The van der Waals surface area contributed by atoms with E-state index < -0.39 is 29.6 Å². The van der Waals surface area contributed by atoms with Crippen LogP contribution in [0.15, 0.2) is 18.2 Å². The average Bonchev–Trinajstić information content (AvgIpc) is 3.59. The number of anilines is 2. The van der Waals surface area contributed by atoms with Gasteiger partial charge in [0.15, 0.2) is 17.7 Å². The number of alkyl halides is 3. The molecule has 1 aromatic heterocycles. The smallest absolute Gasteiger partial charge is 0.416 e. The largest absolute Gasteiger partial charge is 0.476 e. The molecule has 10 heteroatoms. The van der Waals surface area contributed by atoms with E-state index in [9.17, 15) is 22.8 Å². The van der Waals surface area contributed by atoms with Gasteiger partial charge in [-0.15, -0.1) is 0 Å². The molecule has 36 heavy (non-hydrogen) atoms. The van der Waals surface area contributed by atoms with Crippen LogP contribution in [-0.4, -0.2) is 22.9 Å². The van der Waals surface area contributed by atoms with E-state index in [0.29, 0.717) is 11.3 Å². The number of fused-ring (bicyclic) bond motifs is 1. The third-order valence-electron chi connectivity index (χ3n) is 6.09. The third-order valence-corrected chi connectivity index (χ3v) is 6.09. The maximum absolute atomic E-state index is 15.6. The molecule has 0 bridgehead atoms. The summed E-state index contributed by atoms with van der Waals surface area (Å²) in [4.78, 5) is 31.0. The molecule has 2 amide bonds. The zero-order valence-corrected chi connectivity index (χ0v) is 20.8. The molecule has 1 saturated carbocycles. The lowest BCUT2D eigenvalue weighted by atomic mass is 9.92. The average molecular weight is 508 g/mol. The number of aryl methyl sites for hydroxylation is 1. The second-order valence-corrected chi connectivity index (χ2v) is 10.7. The van der Waals surface area contributed by atoms with E-state index in [-0.39, 0.29) is 53.0 Å². The molecular weight excluding hydrogens is 478 g/mol. The number of pyridine rings is 1. The number of nitrogens with one attached hydrogen (secondary N) is 1. The molecule has 2 aromatic rings. The minimum absolute atomic E-state index is 0.0309. The standard InChI is InChI=1S/C26H29F4N3O3/c1-13-8-19-23(21(27)22(13)32-20(34)11-25(3,4)5)36-14(2)24(35)33(19)12-17-9-16(26(28,29)30)10-18(31-17)15-6-7-15/h8-10,14-15H,6-7,11-12H2,1-5H3,(H,32,34). The number of halogens is 4. The summed E-state index contributed by atoms with van der Waals surface area (Å²) < 4.78 is 61.7. The molecule has 1 aliphatic carbocycles. The quantitative estimate of drug-likeness (QED) is 0.496. The molecule has 0 radical (unpaired) electrons. The molecule has 1 N–H and O–H groups in total. The van der Waals surface area contributed by atoms with Crippen LogP contribution in [0.3, 0.4) is 0 Å². The number of benzene rings is 1. The Hall–Kier alpha value is -3.17. The van der Waals surface area contributed by atoms with E-state index in [0.717, 1.165) is 25.0 Å². The van der Waals surface area contributed by atoms with Crippen LogP contribution in [0.4, 0.5) is 28.9 Å². The number of amides is 2. The molecule has 6 nitrogen and oxygen atoms in total. The van der Waals surface area contributed by atoms with Crippen molar-refractivity contribution in [3.05, 3.63) is 46.5 Å². The van der Waals surface area contributed by atoms with Gasteiger partial charge in [-0.25, -0.2) is 4.39 Å². The van der Waals surface area contributed by atoms with Gasteiger partial charge in [0.05, 0.1) is 29.2 Å². The van der Waals surface area contributed by atoms with Crippen molar-refractivity contribution in [3.8, 4) is 5.75 Å². The molecule has 0 spiro atoms. The molecule has 2 aliphatic rings. The SMILES string of the molecule is Cc1cc2c(c(F)c1NC(=O)CC(C)(C)C)OC(C)C(=O)N2Cc1cc(C(F)(F)F)cc(C2CC2)n1. The third kappa shape index (κ3) is 5.47. The number of rotatable bonds is 5. The summed E-state index contributed by atoms with van der Waals surface area (Å²) >= 11 is 0. The topological polar surface area (TPSA) is 71.5 Å². The van der Waals surface area contributed by atoms with Crippen LogP contribution in [0.1, 0.15) is 75.4 Å². The fourth-order valence-electron chi connectivity index (χ4n) is 4.21. The monoisotopic (exact) mass is 507 g/mol. The van der Waals surface area contributed by atoms with Gasteiger partial charge in [0, 0.05) is 18.0 Å². The highest BCUT2D eigenvalue weighted by molar-refractivity contribution is 6.01. The highest BCUT2D eigenvalue weighted by Gasteiger charge is 2.38. The Balaban J connectivity index is 1.71. The first kappa shape index (κ1) is 25.9. The number of hydrogen-bond acceptors (Lipinski definition) is 4. The van der Waals surface area contributed by atoms with Gasteiger partial charge in [-0.2, -0.15) is 13.2 Å². The van der Waals surface area contributed by atoms with Gasteiger partial charge in [-0.3, -0.25) is 19.5 Å². The van der Waals surface area contributed by atoms with Gasteiger partial charge in [0.1, 0.15) is 0 Å². The van der Waals surface area contributed by atoms with Crippen molar-refractivity contribution >= 4 is 23.2 Å². The number of carbonyl (C=O) groups excluding carboxylic acids is 2. The molecule has 0 saturated heterocycles. The minimum Gasteiger partial charge on any atom is -0.476 e. The van der Waals surface area contributed by atoms with Gasteiger partial charge in [-0.05, 0) is 55.9 Å². The van der Waals surface area contributed by atoms with E-state index in [4.69, 9.17) is 4.74 Å². The van der Waals surface area contributed by atoms with Crippen LogP contribution in [0.5, 0.6) is 5.75 Å². The summed E-state index contributed by atoms with van der Waals surface area (Å²) in [7, 11) is 0. The predicted molar refractivity (Wildman–Crippen MR) is 126 cm³/mol. The molecule has 4 rings (SSSR count). The zero-order chi connectivity index (χ0) is 26.6. The van der Waals surface area contributed by atoms with Crippen molar-refractivity contribution in [1.82, 2.24) is 4.98 Å². The Bertz CT molecular complexity index is 1220. The minimum atomic E-state index is -4.57. The van der Waals surface area contributed by atoms with Crippen LogP contribution in [0, 0.1) is 18.2 Å². The summed E-state index contributed by atoms with van der Waals surface area (Å²) in [6, 6.07) is 3.46. The van der Waals surface area contributed by atoms with E-state index in [1.54, 1.807) is 6.92 Å². The molecule has 1 aliphatic heterocycles. The fourth-order valence-corrected chi connectivity index (χ4v) is 4.21. The number of ether oxygens (including phenoxy) is 1. The van der Waals surface area contributed by atoms with E-state index >= 15 is 4.39 Å². The van der Waals surface area contributed by atoms with Crippen molar-refractivity contribution in [2.45, 2.75) is 78.6 Å². The first-order chi connectivity index (χ1) is 16.6. The van der Waals surface area contributed by atoms with Gasteiger partial charge in [0.25, 0.3) is 5.91 Å². The second kappa shape index (κ2) is 9.05. The molecule has 194 valence electrons. The lowest BCUT2D eigenvalue weighted by Crippen LogP contribution is -2.44. The highest BCUT2D eigenvalue weighted by atomic mass is 19.4. The molecule has 1 aromatic carbocycles. The first-order valence-corrected chi connectivity index (χ1v) is 11.8. The van der Waals surface area contributed by atoms with Gasteiger partial charge >= 0.3 is 6.18 Å². The number of nitrogens with zero attached hydrogens (tertiary/aromatic N) is 2. The van der Waals surface area contributed by atoms with Crippen LogP contribution in [0.2, 0.25) is 0 Å². The lowest BCUT2D eigenvalue weighted by molar-refractivity contribution is -0.137. The van der Waals surface area contributed by atoms with Crippen molar-refractivity contribution in [2.24, 2.45) is 5.41 Å². The Morgan fingerprint density at radius 3 is 2.44 bits per heavy atom. The number of aromatic nitrogens is 1. The van der Waals surface area contributed by atoms with Crippen molar-refractivity contribution in [3.63, 3.8) is 0 Å². The second-order valence-electron chi connectivity index (χ2n) is 10.7. The van der Waals surface area contributed by atoms with E-state index in [1.165, 1.54) is 17.9 Å².